The zero-order chi connectivity index (χ0) is 13.6. The molecule has 0 saturated heterocycles. The van der Waals surface area contributed by atoms with Crippen LogP contribution in [-0.2, 0) is 26.2 Å². The molecule has 0 heterocycles. The van der Waals surface area contributed by atoms with Crippen molar-refractivity contribution in [3.63, 3.8) is 0 Å². The zero-order valence-electron chi connectivity index (χ0n) is 13.0. The molecule has 4 rings (SSSR count). The van der Waals surface area contributed by atoms with Crippen LogP contribution in [0.1, 0.15) is 6.42 Å². The van der Waals surface area contributed by atoms with Crippen LogP contribution in [0, 0.1) is 6.08 Å². The maximum Gasteiger partial charge on any atom is 2.00 e. The van der Waals surface area contributed by atoms with Crippen molar-refractivity contribution in [3.05, 3.63) is 91.0 Å². The van der Waals surface area contributed by atoms with E-state index in [-0.39, 0.29) is 63.4 Å². The molecule has 0 aliphatic heterocycles. The molecule has 0 nitrogen and oxygen atoms in total. The van der Waals surface area contributed by atoms with E-state index in [2.05, 4.69) is 78.9 Å². The van der Waals surface area contributed by atoms with Crippen molar-refractivity contribution in [3.8, 4) is 11.1 Å². The van der Waals surface area contributed by atoms with Crippen molar-refractivity contribution in [1.82, 2.24) is 0 Å². The van der Waals surface area contributed by atoms with Gasteiger partial charge in [-0.05, 0) is 0 Å². The quantitative estimate of drug-likeness (QED) is 0.353. The molecule has 0 bridgehead atoms. The van der Waals surface area contributed by atoms with Gasteiger partial charge in [0.2, 0.25) is 0 Å². The van der Waals surface area contributed by atoms with Crippen molar-refractivity contribution in [2.24, 2.45) is 0 Å². The van der Waals surface area contributed by atoms with Crippen molar-refractivity contribution in [2.75, 3.05) is 0 Å². The fourth-order valence-corrected chi connectivity index (χ4v) is 2.36. The molecule has 4 heteroatoms. The average Bonchev–Trinajstić information content (AvgIpc) is 3.21. The van der Waals surface area contributed by atoms with Gasteiger partial charge in [0.05, 0.1) is 0 Å². The minimum absolute atomic E-state index is 0. The summed E-state index contributed by atoms with van der Waals surface area (Å²) in [4.78, 5) is 0. The fourth-order valence-electron chi connectivity index (χ4n) is 2.36. The molecule has 0 fully saturated rings. The molecule has 0 radical (unpaired) electrons. The van der Waals surface area contributed by atoms with E-state index >= 15 is 0 Å². The van der Waals surface area contributed by atoms with Gasteiger partial charge in [0.15, 0.2) is 0 Å². The Morgan fingerprint density at radius 2 is 1.46 bits per heavy atom. The van der Waals surface area contributed by atoms with Gasteiger partial charge in [0, 0.05) is 0 Å². The summed E-state index contributed by atoms with van der Waals surface area (Å²) < 4.78 is 0. The number of hydrogen-bond acceptors (Lipinski definition) is 0. The summed E-state index contributed by atoms with van der Waals surface area (Å²) >= 11 is 0. The van der Waals surface area contributed by atoms with E-state index in [1.807, 2.05) is 12.2 Å². The zero-order valence-corrected chi connectivity index (χ0v) is 17.9. The first-order valence-electron chi connectivity index (χ1n) is 6.87. The molecule has 1 aliphatic rings. The van der Waals surface area contributed by atoms with E-state index in [1.54, 1.807) is 0 Å². The Morgan fingerprint density at radius 3 is 2.04 bits per heavy atom. The predicted octanol–water partition coefficient (Wildman–Crippen LogP) is 6.79. The van der Waals surface area contributed by atoms with E-state index in [0.717, 1.165) is 6.42 Å². The Balaban J connectivity index is 0. The predicted molar refractivity (Wildman–Crippen MR) is 108 cm³/mol. The molecule has 0 unspecified atom stereocenters. The van der Waals surface area contributed by atoms with Crippen molar-refractivity contribution < 1.29 is 26.2 Å². The smallest absolute Gasteiger partial charge is 0.273 e. The van der Waals surface area contributed by atoms with E-state index in [9.17, 15) is 0 Å². The van der Waals surface area contributed by atoms with Crippen LogP contribution in [0.3, 0.4) is 0 Å². The molecule has 0 amide bonds. The number of rotatable bonds is 1. The Bertz CT molecular complexity index is 736. The SMILES string of the molecule is Cl.Cl.Cl.[C-]1=CC=CC1.[Zr+2].c1ccc(-[c-]2ccc3ccccc32)cc1. The molecule has 0 spiro atoms. The first-order valence-corrected chi connectivity index (χ1v) is 6.87. The Hall–Kier alpha value is -0.717. The van der Waals surface area contributed by atoms with Crippen LogP contribution >= 0.6 is 37.2 Å². The van der Waals surface area contributed by atoms with Crippen molar-refractivity contribution >= 4 is 48.0 Å². The van der Waals surface area contributed by atoms with Gasteiger partial charge < -0.3 is 0 Å². The number of halogens is 3. The Kier molecular flexibility index (Phi) is 14.4. The standard InChI is InChI=1S/C15H11.C5H5.3ClH.Zr/c1-2-6-12(7-3-1)15-11-10-13-8-4-5-9-14(13)15;1-2-4-5-3-1;;;;/h1-11H;1-3H,4H2;3*1H;/q2*-1;;;;+2. The molecule has 0 saturated carbocycles. The van der Waals surface area contributed by atoms with Crippen LogP contribution in [0.2, 0.25) is 0 Å². The molecule has 3 aromatic rings. The summed E-state index contributed by atoms with van der Waals surface area (Å²) in [5.74, 6) is 0. The van der Waals surface area contributed by atoms with Gasteiger partial charge in [-0.2, -0.15) is 6.08 Å². The second-order valence-electron chi connectivity index (χ2n) is 4.70. The van der Waals surface area contributed by atoms with Crippen LogP contribution in [-0.4, -0.2) is 0 Å². The normalized spacial score (nSPS) is 10.3. The van der Waals surface area contributed by atoms with Gasteiger partial charge in [-0.3, -0.25) is 6.08 Å². The summed E-state index contributed by atoms with van der Waals surface area (Å²) in [5, 5.41) is 2.65. The summed E-state index contributed by atoms with van der Waals surface area (Å²) in [6, 6.07) is 23.4. The first-order chi connectivity index (χ1) is 9.95. The molecule has 3 aromatic carbocycles. The first kappa shape index (κ1) is 25.5. The second-order valence-corrected chi connectivity index (χ2v) is 4.70. The van der Waals surface area contributed by atoms with Gasteiger partial charge in [-0.15, -0.1) is 79.5 Å². The van der Waals surface area contributed by atoms with Crippen molar-refractivity contribution in [2.45, 2.75) is 6.42 Å². The van der Waals surface area contributed by atoms with Crippen LogP contribution in [0.4, 0.5) is 0 Å². The number of fused-ring (bicyclic) bond motifs is 1. The number of allylic oxidation sites excluding steroid dienone is 4. The van der Waals surface area contributed by atoms with E-state index in [4.69, 9.17) is 0 Å². The van der Waals surface area contributed by atoms with Crippen molar-refractivity contribution in [1.29, 1.82) is 0 Å². The van der Waals surface area contributed by atoms with Gasteiger partial charge in [-0.1, -0.05) is 52.7 Å². The minimum Gasteiger partial charge on any atom is -0.273 e. The molecule has 124 valence electrons. The second kappa shape index (κ2) is 13.6. The third-order valence-electron chi connectivity index (χ3n) is 3.35. The molecule has 0 N–H and O–H groups in total. The molecular formula is C20H19Cl3Zr. The molecule has 1 aliphatic carbocycles. The molecular weight excluding hydrogens is 438 g/mol. The average molecular weight is 457 g/mol. The monoisotopic (exact) mass is 454 g/mol. The van der Waals surface area contributed by atoms with Gasteiger partial charge >= 0.3 is 26.2 Å². The van der Waals surface area contributed by atoms with E-state index < -0.39 is 0 Å². The van der Waals surface area contributed by atoms with Gasteiger partial charge in [0.25, 0.3) is 0 Å². The third-order valence-corrected chi connectivity index (χ3v) is 3.35. The molecule has 0 aromatic heterocycles. The summed E-state index contributed by atoms with van der Waals surface area (Å²) in [6.45, 7) is 0. The van der Waals surface area contributed by atoms with Crippen LogP contribution in [0.5, 0.6) is 0 Å². The molecule has 0 atom stereocenters. The van der Waals surface area contributed by atoms with Crippen LogP contribution in [0.25, 0.3) is 21.9 Å². The molecule has 24 heavy (non-hydrogen) atoms. The van der Waals surface area contributed by atoms with E-state index in [0.29, 0.717) is 0 Å². The summed E-state index contributed by atoms with van der Waals surface area (Å²) in [5.41, 5.74) is 2.62. The summed E-state index contributed by atoms with van der Waals surface area (Å²) in [6.07, 6.45) is 10.0. The van der Waals surface area contributed by atoms with Crippen LogP contribution in [0.15, 0.2) is 85.0 Å². The third kappa shape index (κ3) is 6.65. The van der Waals surface area contributed by atoms with Crippen LogP contribution < -0.4 is 0 Å². The Labute approximate surface area is 181 Å². The topological polar surface area (TPSA) is 0 Å². The van der Waals surface area contributed by atoms with Gasteiger partial charge in [0.1, 0.15) is 0 Å². The minimum atomic E-state index is 0. The maximum atomic E-state index is 2.99. The Morgan fingerprint density at radius 1 is 0.792 bits per heavy atom. The maximum absolute atomic E-state index is 2.99. The van der Waals surface area contributed by atoms with E-state index in [1.165, 1.54) is 21.9 Å². The number of benzene rings is 2. The number of hydrogen-bond donors (Lipinski definition) is 0. The van der Waals surface area contributed by atoms with Gasteiger partial charge in [-0.25, -0.2) is 12.2 Å². The fraction of sp³-hybridized carbons (Fsp3) is 0.0500. The summed E-state index contributed by atoms with van der Waals surface area (Å²) in [7, 11) is 0. The largest absolute Gasteiger partial charge is 2.00 e.